The van der Waals surface area contributed by atoms with Gasteiger partial charge in [-0.15, -0.1) is 0 Å². The summed E-state index contributed by atoms with van der Waals surface area (Å²) in [4.78, 5) is 2.44. The molecule has 1 fully saturated rings. The SMILES string of the molecule is CCC(CN)CNCC1CCCN(C)C1. The molecule has 0 aliphatic carbocycles. The molecule has 1 saturated heterocycles. The van der Waals surface area contributed by atoms with Gasteiger partial charge in [-0.05, 0) is 57.9 Å². The minimum atomic E-state index is 0.659. The number of nitrogens with one attached hydrogen (secondary N) is 1. The highest BCUT2D eigenvalue weighted by atomic mass is 15.1. The fraction of sp³-hybridized carbons (Fsp3) is 1.00. The van der Waals surface area contributed by atoms with Crippen molar-refractivity contribution in [3.63, 3.8) is 0 Å². The molecule has 0 radical (unpaired) electrons. The maximum absolute atomic E-state index is 5.68. The fourth-order valence-corrected chi connectivity index (χ4v) is 2.33. The summed E-state index contributed by atoms with van der Waals surface area (Å²) >= 11 is 0. The van der Waals surface area contributed by atoms with Crippen molar-refractivity contribution in [1.82, 2.24) is 10.2 Å². The number of nitrogens with two attached hydrogens (primary N) is 1. The van der Waals surface area contributed by atoms with Crippen molar-refractivity contribution in [2.24, 2.45) is 17.6 Å². The van der Waals surface area contributed by atoms with Gasteiger partial charge in [0.05, 0.1) is 0 Å². The van der Waals surface area contributed by atoms with E-state index in [1.54, 1.807) is 0 Å². The van der Waals surface area contributed by atoms with Gasteiger partial charge in [0, 0.05) is 6.54 Å². The molecule has 0 spiro atoms. The second kappa shape index (κ2) is 7.20. The van der Waals surface area contributed by atoms with E-state index in [0.717, 1.165) is 19.0 Å². The molecular weight excluding hydrogens is 186 g/mol. The minimum Gasteiger partial charge on any atom is -0.330 e. The molecule has 15 heavy (non-hydrogen) atoms. The largest absolute Gasteiger partial charge is 0.330 e. The van der Waals surface area contributed by atoms with Crippen molar-refractivity contribution >= 4 is 0 Å². The van der Waals surface area contributed by atoms with E-state index in [1.807, 2.05) is 0 Å². The van der Waals surface area contributed by atoms with Gasteiger partial charge in [0.2, 0.25) is 0 Å². The molecule has 0 saturated carbocycles. The first kappa shape index (κ1) is 12.9. The Balaban J connectivity index is 2.08. The summed E-state index contributed by atoms with van der Waals surface area (Å²) in [6.07, 6.45) is 3.93. The maximum Gasteiger partial charge on any atom is 0.00187 e. The quantitative estimate of drug-likeness (QED) is 0.689. The molecule has 3 nitrogen and oxygen atoms in total. The fourth-order valence-electron chi connectivity index (χ4n) is 2.33. The molecule has 3 heteroatoms. The van der Waals surface area contributed by atoms with Crippen LogP contribution in [0, 0.1) is 11.8 Å². The zero-order valence-electron chi connectivity index (χ0n) is 10.3. The zero-order valence-corrected chi connectivity index (χ0v) is 10.3. The number of nitrogens with zero attached hydrogens (tertiary/aromatic N) is 1. The molecule has 1 aliphatic heterocycles. The first-order valence-corrected chi connectivity index (χ1v) is 6.35. The molecular formula is C12H27N3. The molecule has 0 bridgehead atoms. The van der Waals surface area contributed by atoms with E-state index >= 15 is 0 Å². The Hall–Kier alpha value is -0.120. The maximum atomic E-state index is 5.68. The van der Waals surface area contributed by atoms with Crippen LogP contribution in [-0.4, -0.2) is 44.7 Å². The average Bonchev–Trinajstić information content (AvgIpc) is 2.25. The molecule has 0 aromatic heterocycles. The van der Waals surface area contributed by atoms with Crippen LogP contribution in [0.3, 0.4) is 0 Å². The lowest BCUT2D eigenvalue weighted by Gasteiger charge is -2.30. The number of piperidine rings is 1. The van der Waals surface area contributed by atoms with Crippen molar-refractivity contribution in [3.8, 4) is 0 Å². The van der Waals surface area contributed by atoms with Crippen molar-refractivity contribution in [1.29, 1.82) is 0 Å². The summed E-state index contributed by atoms with van der Waals surface area (Å²) < 4.78 is 0. The first-order chi connectivity index (χ1) is 7.26. The lowest BCUT2D eigenvalue weighted by Crippen LogP contribution is -2.39. The van der Waals surface area contributed by atoms with Crippen LogP contribution in [0.4, 0.5) is 0 Å². The van der Waals surface area contributed by atoms with Crippen LogP contribution in [-0.2, 0) is 0 Å². The van der Waals surface area contributed by atoms with E-state index in [-0.39, 0.29) is 0 Å². The third-order valence-corrected chi connectivity index (χ3v) is 3.50. The molecule has 2 atom stereocenters. The zero-order chi connectivity index (χ0) is 11.1. The molecule has 2 unspecified atom stereocenters. The molecule has 1 aliphatic rings. The lowest BCUT2D eigenvalue weighted by molar-refractivity contribution is 0.204. The lowest BCUT2D eigenvalue weighted by atomic mass is 9.98. The molecule has 0 amide bonds. The number of hydrogen-bond acceptors (Lipinski definition) is 3. The van der Waals surface area contributed by atoms with Crippen molar-refractivity contribution in [2.75, 3.05) is 39.8 Å². The predicted molar refractivity (Wildman–Crippen MR) is 65.9 cm³/mol. The van der Waals surface area contributed by atoms with E-state index in [9.17, 15) is 0 Å². The highest BCUT2D eigenvalue weighted by Gasteiger charge is 2.16. The van der Waals surface area contributed by atoms with Gasteiger partial charge in [-0.2, -0.15) is 0 Å². The summed E-state index contributed by atoms with van der Waals surface area (Å²) in [5.41, 5.74) is 5.68. The topological polar surface area (TPSA) is 41.3 Å². The average molecular weight is 213 g/mol. The van der Waals surface area contributed by atoms with E-state index in [2.05, 4.69) is 24.2 Å². The van der Waals surface area contributed by atoms with E-state index in [4.69, 9.17) is 5.73 Å². The molecule has 0 aromatic carbocycles. The van der Waals surface area contributed by atoms with Gasteiger partial charge in [-0.25, -0.2) is 0 Å². The van der Waals surface area contributed by atoms with Crippen LogP contribution < -0.4 is 11.1 Å². The normalized spacial score (nSPS) is 25.4. The first-order valence-electron chi connectivity index (χ1n) is 6.35. The van der Waals surface area contributed by atoms with Gasteiger partial charge in [-0.1, -0.05) is 13.3 Å². The van der Waals surface area contributed by atoms with Gasteiger partial charge < -0.3 is 16.0 Å². The van der Waals surface area contributed by atoms with Gasteiger partial charge in [-0.3, -0.25) is 0 Å². The monoisotopic (exact) mass is 213 g/mol. The molecule has 1 heterocycles. The van der Waals surface area contributed by atoms with Gasteiger partial charge in [0.15, 0.2) is 0 Å². The summed E-state index contributed by atoms with van der Waals surface area (Å²) in [6.45, 7) is 7.82. The summed E-state index contributed by atoms with van der Waals surface area (Å²) in [6, 6.07) is 0. The van der Waals surface area contributed by atoms with E-state index in [0.29, 0.717) is 5.92 Å². The van der Waals surface area contributed by atoms with Crippen molar-refractivity contribution in [2.45, 2.75) is 26.2 Å². The Morgan fingerprint density at radius 3 is 2.93 bits per heavy atom. The predicted octanol–water partition coefficient (Wildman–Crippen LogP) is 0.903. The number of hydrogen-bond donors (Lipinski definition) is 2. The second-order valence-electron chi connectivity index (χ2n) is 4.94. The Labute approximate surface area is 94.4 Å². The summed E-state index contributed by atoms with van der Waals surface area (Å²) in [7, 11) is 2.22. The van der Waals surface area contributed by atoms with Crippen LogP contribution in [0.5, 0.6) is 0 Å². The van der Waals surface area contributed by atoms with Crippen LogP contribution in [0.25, 0.3) is 0 Å². The Bertz CT molecular complexity index is 157. The number of rotatable bonds is 6. The van der Waals surface area contributed by atoms with Crippen LogP contribution in [0.1, 0.15) is 26.2 Å². The van der Waals surface area contributed by atoms with Crippen LogP contribution in [0.2, 0.25) is 0 Å². The third-order valence-electron chi connectivity index (χ3n) is 3.50. The highest BCUT2D eigenvalue weighted by molar-refractivity contribution is 4.73. The second-order valence-corrected chi connectivity index (χ2v) is 4.94. The minimum absolute atomic E-state index is 0.659. The van der Waals surface area contributed by atoms with E-state index in [1.165, 1.54) is 38.9 Å². The van der Waals surface area contributed by atoms with Gasteiger partial charge in [0.25, 0.3) is 0 Å². The molecule has 0 aromatic rings. The highest BCUT2D eigenvalue weighted by Crippen LogP contribution is 2.13. The number of likely N-dealkylation sites (tertiary alicyclic amines) is 1. The summed E-state index contributed by atoms with van der Waals surface area (Å²) in [5.74, 6) is 1.50. The standard InChI is InChI=1S/C12H27N3/c1-3-11(7-13)8-14-9-12-5-4-6-15(2)10-12/h11-12,14H,3-10,13H2,1-2H3. The van der Waals surface area contributed by atoms with Gasteiger partial charge >= 0.3 is 0 Å². The molecule has 90 valence electrons. The van der Waals surface area contributed by atoms with Crippen LogP contribution in [0.15, 0.2) is 0 Å². The Morgan fingerprint density at radius 2 is 2.33 bits per heavy atom. The van der Waals surface area contributed by atoms with Crippen LogP contribution >= 0.6 is 0 Å². The third kappa shape index (κ3) is 4.96. The van der Waals surface area contributed by atoms with E-state index < -0.39 is 0 Å². The summed E-state index contributed by atoms with van der Waals surface area (Å²) in [5, 5.41) is 3.57. The molecule has 3 N–H and O–H groups in total. The van der Waals surface area contributed by atoms with Crippen molar-refractivity contribution in [3.05, 3.63) is 0 Å². The smallest absolute Gasteiger partial charge is 0.00187 e. The van der Waals surface area contributed by atoms with Crippen molar-refractivity contribution < 1.29 is 0 Å². The Kier molecular flexibility index (Phi) is 6.22. The Morgan fingerprint density at radius 1 is 1.53 bits per heavy atom. The molecule has 1 rings (SSSR count). The van der Waals surface area contributed by atoms with Gasteiger partial charge in [0.1, 0.15) is 0 Å².